The molecule has 0 aliphatic carbocycles. The molecular formula is C12H10ClN3O4. The lowest BCUT2D eigenvalue weighted by molar-refractivity contribution is -0.383. The van der Waals surface area contributed by atoms with Crippen molar-refractivity contribution in [3.63, 3.8) is 0 Å². The molecule has 0 atom stereocenters. The van der Waals surface area contributed by atoms with Gasteiger partial charge in [0.1, 0.15) is 12.4 Å². The molecule has 2 rings (SSSR count). The van der Waals surface area contributed by atoms with Gasteiger partial charge >= 0.3 is 5.97 Å². The molecule has 0 spiro atoms. The number of benzene rings is 1. The fourth-order valence-corrected chi connectivity index (χ4v) is 2.16. The van der Waals surface area contributed by atoms with E-state index in [0.717, 1.165) is 0 Å². The van der Waals surface area contributed by atoms with Gasteiger partial charge in [-0.3, -0.25) is 14.9 Å². The van der Waals surface area contributed by atoms with E-state index in [2.05, 4.69) is 4.98 Å². The van der Waals surface area contributed by atoms with Crippen molar-refractivity contribution in [1.29, 1.82) is 0 Å². The maximum atomic E-state index is 11.0. The summed E-state index contributed by atoms with van der Waals surface area (Å²) in [7, 11) is 1.54. The van der Waals surface area contributed by atoms with Crippen LogP contribution in [-0.2, 0) is 4.79 Å². The average Bonchev–Trinajstić information content (AvgIpc) is 2.35. The van der Waals surface area contributed by atoms with Crippen molar-refractivity contribution in [1.82, 2.24) is 4.98 Å². The number of halogens is 1. The summed E-state index contributed by atoms with van der Waals surface area (Å²) >= 11 is 5.88. The Morgan fingerprint density at radius 2 is 2.20 bits per heavy atom. The van der Waals surface area contributed by atoms with Crippen LogP contribution < -0.4 is 4.90 Å². The molecule has 2 aromatic rings. The first-order valence-corrected chi connectivity index (χ1v) is 5.93. The first-order valence-electron chi connectivity index (χ1n) is 5.55. The summed E-state index contributed by atoms with van der Waals surface area (Å²) in [6.07, 6.45) is 1.40. The number of anilines is 1. The van der Waals surface area contributed by atoms with E-state index in [0.29, 0.717) is 16.6 Å². The van der Waals surface area contributed by atoms with Crippen LogP contribution in [0.1, 0.15) is 0 Å². The summed E-state index contributed by atoms with van der Waals surface area (Å²) < 4.78 is 0. The lowest BCUT2D eigenvalue weighted by Gasteiger charge is -2.17. The first-order chi connectivity index (χ1) is 9.40. The SMILES string of the molecule is CN(CC(=O)O)c1nccc2c([N+](=O)[O-])cc(Cl)cc12. The number of aliphatic carboxylic acids is 1. The Bertz CT molecular complexity index is 704. The Kier molecular flexibility index (Phi) is 3.71. The Balaban J connectivity index is 2.68. The molecule has 0 saturated heterocycles. The monoisotopic (exact) mass is 295 g/mol. The highest BCUT2D eigenvalue weighted by molar-refractivity contribution is 6.32. The number of carbonyl (C=O) groups is 1. The van der Waals surface area contributed by atoms with Gasteiger partial charge in [-0.2, -0.15) is 0 Å². The molecule has 0 unspecified atom stereocenters. The second kappa shape index (κ2) is 5.30. The fraction of sp³-hybridized carbons (Fsp3) is 0.167. The average molecular weight is 296 g/mol. The zero-order chi connectivity index (χ0) is 14.9. The third kappa shape index (κ3) is 2.62. The van der Waals surface area contributed by atoms with Crippen LogP contribution in [0.25, 0.3) is 10.8 Å². The predicted octanol–water partition coefficient (Wildman–Crippen LogP) is 2.32. The largest absolute Gasteiger partial charge is 0.480 e. The van der Waals surface area contributed by atoms with Crippen LogP contribution in [0.2, 0.25) is 5.02 Å². The number of nitro benzene ring substituents is 1. The quantitative estimate of drug-likeness (QED) is 0.687. The van der Waals surface area contributed by atoms with E-state index >= 15 is 0 Å². The molecule has 1 heterocycles. The minimum Gasteiger partial charge on any atom is -0.480 e. The van der Waals surface area contributed by atoms with E-state index in [1.807, 2.05) is 0 Å². The highest BCUT2D eigenvalue weighted by atomic mass is 35.5. The number of carboxylic acids is 1. The maximum absolute atomic E-state index is 11.0. The van der Waals surface area contributed by atoms with Crippen LogP contribution in [0.4, 0.5) is 11.5 Å². The number of nitrogens with zero attached hydrogens (tertiary/aromatic N) is 3. The van der Waals surface area contributed by atoms with Gasteiger partial charge < -0.3 is 10.0 Å². The van der Waals surface area contributed by atoms with Crippen molar-refractivity contribution in [3.8, 4) is 0 Å². The Labute approximate surface area is 118 Å². The summed E-state index contributed by atoms with van der Waals surface area (Å²) in [5.74, 6) is -0.696. The molecule has 7 nitrogen and oxygen atoms in total. The predicted molar refractivity (Wildman–Crippen MR) is 74.3 cm³/mol. The molecule has 0 radical (unpaired) electrons. The van der Waals surface area contributed by atoms with E-state index in [1.54, 1.807) is 7.05 Å². The Morgan fingerprint density at radius 3 is 2.80 bits per heavy atom. The minimum atomic E-state index is -1.03. The number of pyridine rings is 1. The standard InChI is InChI=1S/C12H10ClN3O4/c1-15(6-11(17)18)12-9-4-7(13)5-10(16(19)20)8(9)2-3-14-12/h2-5H,6H2,1H3,(H,17,18). The van der Waals surface area contributed by atoms with Gasteiger partial charge in [0.25, 0.3) is 5.69 Å². The first kappa shape index (κ1) is 14.0. The van der Waals surface area contributed by atoms with Gasteiger partial charge in [-0.05, 0) is 12.1 Å². The number of rotatable bonds is 4. The van der Waals surface area contributed by atoms with E-state index < -0.39 is 10.9 Å². The van der Waals surface area contributed by atoms with Crippen LogP contribution in [0, 0.1) is 10.1 Å². The Morgan fingerprint density at radius 1 is 1.50 bits per heavy atom. The summed E-state index contributed by atoms with van der Waals surface area (Å²) in [5, 5.41) is 20.9. The van der Waals surface area contributed by atoms with Crippen LogP contribution in [-0.4, -0.2) is 34.6 Å². The molecule has 0 bridgehead atoms. The van der Waals surface area contributed by atoms with Gasteiger partial charge in [-0.15, -0.1) is 0 Å². The number of hydrogen-bond acceptors (Lipinski definition) is 5. The van der Waals surface area contributed by atoms with Gasteiger partial charge in [0.15, 0.2) is 0 Å². The molecule has 0 saturated carbocycles. The normalized spacial score (nSPS) is 10.5. The summed E-state index contributed by atoms with van der Waals surface area (Å²) in [6.45, 7) is -0.271. The summed E-state index contributed by atoms with van der Waals surface area (Å²) in [4.78, 5) is 26.7. The molecule has 8 heteroatoms. The number of likely N-dealkylation sites (N-methyl/N-ethyl adjacent to an activating group) is 1. The van der Waals surface area contributed by atoms with E-state index in [4.69, 9.17) is 16.7 Å². The number of non-ortho nitro benzene ring substituents is 1. The molecule has 104 valence electrons. The minimum absolute atomic E-state index is 0.139. The topological polar surface area (TPSA) is 96.6 Å². The molecular weight excluding hydrogens is 286 g/mol. The lowest BCUT2D eigenvalue weighted by Crippen LogP contribution is -2.26. The maximum Gasteiger partial charge on any atom is 0.323 e. The molecule has 0 aliphatic rings. The van der Waals surface area contributed by atoms with Crippen LogP contribution in [0.3, 0.4) is 0 Å². The summed E-state index contributed by atoms with van der Waals surface area (Å²) in [5.41, 5.74) is -0.139. The lowest BCUT2D eigenvalue weighted by atomic mass is 10.1. The molecule has 20 heavy (non-hydrogen) atoms. The summed E-state index contributed by atoms with van der Waals surface area (Å²) in [6, 6.07) is 4.29. The highest BCUT2D eigenvalue weighted by Gasteiger charge is 2.18. The zero-order valence-corrected chi connectivity index (χ0v) is 11.2. The van der Waals surface area contributed by atoms with E-state index in [1.165, 1.54) is 29.3 Å². The van der Waals surface area contributed by atoms with Gasteiger partial charge in [0.05, 0.1) is 10.3 Å². The molecule has 1 aromatic carbocycles. The number of fused-ring (bicyclic) bond motifs is 1. The van der Waals surface area contributed by atoms with Gasteiger partial charge in [0, 0.05) is 29.7 Å². The van der Waals surface area contributed by atoms with Crippen molar-refractivity contribution in [2.24, 2.45) is 0 Å². The van der Waals surface area contributed by atoms with Crippen molar-refractivity contribution in [2.75, 3.05) is 18.5 Å². The molecule has 0 amide bonds. The van der Waals surface area contributed by atoms with E-state index in [9.17, 15) is 14.9 Å². The van der Waals surface area contributed by atoms with Gasteiger partial charge in [-0.25, -0.2) is 4.98 Å². The number of aromatic nitrogens is 1. The smallest absolute Gasteiger partial charge is 0.323 e. The molecule has 1 N–H and O–H groups in total. The van der Waals surface area contributed by atoms with Crippen molar-refractivity contribution in [3.05, 3.63) is 39.5 Å². The molecule has 0 aliphatic heterocycles. The number of carboxylic acid groups (broad SMARTS) is 1. The van der Waals surface area contributed by atoms with Crippen LogP contribution in [0.15, 0.2) is 24.4 Å². The second-order valence-electron chi connectivity index (χ2n) is 4.16. The van der Waals surface area contributed by atoms with Crippen molar-refractivity contribution < 1.29 is 14.8 Å². The molecule has 1 aromatic heterocycles. The van der Waals surface area contributed by atoms with E-state index in [-0.39, 0.29) is 17.3 Å². The van der Waals surface area contributed by atoms with Crippen molar-refractivity contribution in [2.45, 2.75) is 0 Å². The van der Waals surface area contributed by atoms with Gasteiger partial charge in [0.2, 0.25) is 0 Å². The van der Waals surface area contributed by atoms with Crippen LogP contribution >= 0.6 is 11.6 Å². The van der Waals surface area contributed by atoms with Gasteiger partial charge in [-0.1, -0.05) is 11.6 Å². The zero-order valence-electron chi connectivity index (χ0n) is 10.4. The van der Waals surface area contributed by atoms with Crippen LogP contribution in [0.5, 0.6) is 0 Å². The third-order valence-corrected chi connectivity index (χ3v) is 2.95. The highest BCUT2D eigenvalue weighted by Crippen LogP contribution is 2.33. The Hall–Kier alpha value is -2.41. The molecule has 0 fully saturated rings. The second-order valence-corrected chi connectivity index (χ2v) is 4.60. The fourth-order valence-electron chi connectivity index (χ4n) is 1.95. The van der Waals surface area contributed by atoms with Crippen molar-refractivity contribution >= 4 is 39.8 Å². The number of nitro groups is 1. The number of hydrogen-bond donors (Lipinski definition) is 1. The third-order valence-electron chi connectivity index (χ3n) is 2.73.